The molecule has 94 valence electrons. The smallest absolute Gasteiger partial charge is 0.328 e. The first kappa shape index (κ1) is 12.0. The Labute approximate surface area is 101 Å². The van der Waals surface area contributed by atoms with E-state index in [2.05, 4.69) is 20.7 Å². The summed E-state index contributed by atoms with van der Waals surface area (Å²) in [6.07, 6.45) is 0. The van der Waals surface area contributed by atoms with E-state index in [0.29, 0.717) is 11.0 Å². The van der Waals surface area contributed by atoms with Crippen molar-refractivity contribution in [2.24, 2.45) is 0 Å². The number of nitrogens with zero attached hydrogens (tertiary/aromatic N) is 2. The number of amides is 1. The third-order valence-corrected chi connectivity index (χ3v) is 2.36. The van der Waals surface area contributed by atoms with Crippen molar-refractivity contribution < 1.29 is 19.8 Å². The number of hydrogen-bond donors (Lipinski definition) is 4. The topological polar surface area (TPSA) is 128 Å². The molecule has 0 fully saturated rings. The van der Waals surface area contributed by atoms with Crippen LogP contribution in [0.5, 0.6) is 0 Å². The van der Waals surface area contributed by atoms with Gasteiger partial charge >= 0.3 is 5.97 Å². The predicted molar refractivity (Wildman–Crippen MR) is 59.9 cm³/mol. The molecular formula is C10H10N4O4. The summed E-state index contributed by atoms with van der Waals surface area (Å²) in [6.45, 7) is -0.673. The summed E-state index contributed by atoms with van der Waals surface area (Å²) in [4.78, 5) is 22.4. The third-order valence-electron chi connectivity index (χ3n) is 2.36. The van der Waals surface area contributed by atoms with Gasteiger partial charge in [0.1, 0.15) is 11.0 Å². The van der Waals surface area contributed by atoms with Crippen LogP contribution in [0.2, 0.25) is 0 Å². The van der Waals surface area contributed by atoms with E-state index < -0.39 is 24.5 Å². The van der Waals surface area contributed by atoms with Gasteiger partial charge in [-0.15, -0.1) is 0 Å². The molecule has 2 aromatic rings. The SMILES string of the molecule is O=C(N[C@@H](CO)C(=O)O)c1ccc2n[nH]nc2c1. The Morgan fingerprint density at radius 3 is 2.72 bits per heavy atom. The summed E-state index contributed by atoms with van der Waals surface area (Å²) in [7, 11) is 0. The van der Waals surface area contributed by atoms with Gasteiger partial charge in [-0.2, -0.15) is 15.4 Å². The molecule has 2 rings (SSSR count). The first-order chi connectivity index (χ1) is 8.61. The number of aromatic amines is 1. The fourth-order valence-corrected chi connectivity index (χ4v) is 1.41. The Bertz CT molecular complexity index is 594. The highest BCUT2D eigenvalue weighted by atomic mass is 16.4. The lowest BCUT2D eigenvalue weighted by Crippen LogP contribution is -2.43. The average Bonchev–Trinajstić information content (AvgIpc) is 2.82. The molecule has 0 saturated heterocycles. The number of benzene rings is 1. The largest absolute Gasteiger partial charge is 0.480 e. The number of carboxylic acid groups (broad SMARTS) is 1. The molecule has 0 unspecified atom stereocenters. The zero-order valence-electron chi connectivity index (χ0n) is 9.12. The van der Waals surface area contributed by atoms with Gasteiger partial charge in [-0.25, -0.2) is 4.79 Å². The Kier molecular flexibility index (Phi) is 3.20. The van der Waals surface area contributed by atoms with E-state index in [0.717, 1.165) is 0 Å². The van der Waals surface area contributed by atoms with E-state index in [1.165, 1.54) is 12.1 Å². The van der Waals surface area contributed by atoms with Crippen LogP contribution in [0.1, 0.15) is 10.4 Å². The maximum Gasteiger partial charge on any atom is 0.328 e. The van der Waals surface area contributed by atoms with Crippen molar-refractivity contribution in [3.63, 3.8) is 0 Å². The number of hydrogen-bond acceptors (Lipinski definition) is 5. The van der Waals surface area contributed by atoms with Crippen LogP contribution in [-0.2, 0) is 4.79 Å². The van der Waals surface area contributed by atoms with Gasteiger partial charge in [0.25, 0.3) is 5.91 Å². The second-order valence-electron chi connectivity index (χ2n) is 3.57. The van der Waals surface area contributed by atoms with E-state index in [4.69, 9.17) is 10.2 Å². The van der Waals surface area contributed by atoms with Gasteiger partial charge in [0.2, 0.25) is 0 Å². The Morgan fingerprint density at radius 2 is 2.06 bits per heavy atom. The number of aromatic nitrogens is 3. The van der Waals surface area contributed by atoms with E-state index in [1.807, 2.05) is 0 Å². The molecule has 0 spiro atoms. The van der Waals surface area contributed by atoms with Crippen molar-refractivity contribution in [1.29, 1.82) is 0 Å². The molecule has 1 atom stereocenters. The summed E-state index contributed by atoms with van der Waals surface area (Å²) in [6, 6.07) is 3.23. The minimum Gasteiger partial charge on any atom is -0.480 e. The normalized spacial score (nSPS) is 12.3. The number of fused-ring (bicyclic) bond motifs is 1. The van der Waals surface area contributed by atoms with Crippen LogP contribution in [0, 0.1) is 0 Å². The van der Waals surface area contributed by atoms with Gasteiger partial charge in [0, 0.05) is 5.56 Å². The Morgan fingerprint density at radius 1 is 1.33 bits per heavy atom. The zero-order chi connectivity index (χ0) is 13.1. The Balaban J connectivity index is 2.19. The first-order valence-electron chi connectivity index (χ1n) is 5.07. The lowest BCUT2D eigenvalue weighted by atomic mass is 10.1. The van der Waals surface area contributed by atoms with Crippen LogP contribution in [0.4, 0.5) is 0 Å². The van der Waals surface area contributed by atoms with Crippen LogP contribution in [0.25, 0.3) is 11.0 Å². The molecule has 0 radical (unpaired) electrons. The molecule has 4 N–H and O–H groups in total. The minimum absolute atomic E-state index is 0.246. The highest BCUT2D eigenvalue weighted by molar-refractivity contribution is 5.99. The van der Waals surface area contributed by atoms with Gasteiger partial charge in [0.15, 0.2) is 6.04 Å². The van der Waals surface area contributed by atoms with E-state index in [1.54, 1.807) is 6.07 Å². The fourth-order valence-electron chi connectivity index (χ4n) is 1.41. The average molecular weight is 250 g/mol. The third kappa shape index (κ3) is 2.28. The molecule has 18 heavy (non-hydrogen) atoms. The van der Waals surface area contributed by atoms with Gasteiger partial charge in [-0.3, -0.25) is 4.79 Å². The van der Waals surface area contributed by atoms with Crippen molar-refractivity contribution >= 4 is 22.9 Å². The molecule has 1 heterocycles. The van der Waals surface area contributed by atoms with Crippen LogP contribution >= 0.6 is 0 Å². The predicted octanol–water partition coefficient (Wildman–Crippen LogP) is -0.867. The monoisotopic (exact) mass is 250 g/mol. The molecule has 1 aromatic heterocycles. The van der Waals surface area contributed by atoms with E-state index in [-0.39, 0.29) is 5.56 Å². The maximum absolute atomic E-state index is 11.7. The summed E-state index contributed by atoms with van der Waals surface area (Å²) in [5, 5.41) is 29.8. The molecule has 1 amide bonds. The summed E-state index contributed by atoms with van der Waals surface area (Å²) < 4.78 is 0. The van der Waals surface area contributed by atoms with Crippen molar-refractivity contribution in [2.45, 2.75) is 6.04 Å². The maximum atomic E-state index is 11.7. The lowest BCUT2D eigenvalue weighted by Gasteiger charge is -2.11. The van der Waals surface area contributed by atoms with Crippen LogP contribution in [-0.4, -0.2) is 50.1 Å². The van der Waals surface area contributed by atoms with Gasteiger partial charge in [0.05, 0.1) is 6.61 Å². The number of aliphatic hydroxyl groups excluding tert-OH is 1. The van der Waals surface area contributed by atoms with Crippen LogP contribution < -0.4 is 5.32 Å². The number of H-pyrrole nitrogens is 1. The number of carbonyl (C=O) groups is 2. The molecule has 0 bridgehead atoms. The van der Waals surface area contributed by atoms with Crippen LogP contribution in [0.3, 0.4) is 0 Å². The van der Waals surface area contributed by atoms with Gasteiger partial charge in [-0.1, -0.05) is 0 Å². The second-order valence-corrected chi connectivity index (χ2v) is 3.57. The number of aliphatic hydroxyl groups is 1. The highest BCUT2D eigenvalue weighted by Crippen LogP contribution is 2.10. The molecule has 0 aliphatic carbocycles. The van der Waals surface area contributed by atoms with Crippen molar-refractivity contribution in [3.8, 4) is 0 Å². The lowest BCUT2D eigenvalue weighted by molar-refractivity contribution is -0.140. The van der Waals surface area contributed by atoms with E-state index >= 15 is 0 Å². The second kappa shape index (κ2) is 4.80. The number of rotatable bonds is 4. The zero-order valence-corrected chi connectivity index (χ0v) is 9.12. The van der Waals surface area contributed by atoms with Crippen molar-refractivity contribution in [3.05, 3.63) is 23.8 Å². The minimum atomic E-state index is -1.33. The van der Waals surface area contributed by atoms with Gasteiger partial charge in [-0.05, 0) is 18.2 Å². The Hall–Kier alpha value is -2.48. The molecule has 8 nitrogen and oxygen atoms in total. The van der Waals surface area contributed by atoms with E-state index in [9.17, 15) is 9.59 Å². The molecule has 1 aromatic carbocycles. The van der Waals surface area contributed by atoms with Crippen molar-refractivity contribution in [2.75, 3.05) is 6.61 Å². The highest BCUT2D eigenvalue weighted by Gasteiger charge is 2.19. The quantitative estimate of drug-likeness (QED) is 0.558. The number of carboxylic acids is 1. The van der Waals surface area contributed by atoms with Gasteiger partial charge < -0.3 is 15.5 Å². The summed E-state index contributed by atoms with van der Waals surface area (Å²) in [5.74, 6) is -1.89. The number of aliphatic carboxylic acids is 1. The number of nitrogens with one attached hydrogen (secondary N) is 2. The molecule has 0 aliphatic heterocycles. The summed E-state index contributed by atoms with van der Waals surface area (Å²) >= 11 is 0. The standard InChI is InChI=1S/C10H10N4O4/c15-4-8(10(17)18)11-9(16)5-1-2-6-7(3-5)13-14-12-6/h1-3,8,15H,4H2,(H,11,16)(H,17,18)(H,12,13,14)/t8-/m0/s1. The molecule has 0 saturated carbocycles. The fraction of sp³-hybridized carbons (Fsp3) is 0.200. The van der Waals surface area contributed by atoms with Crippen LogP contribution in [0.15, 0.2) is 18.2 Å². The first-order valence-corrected chi connectivity index (χ1v) is 5.07. The molecule has 8 heteroatoms. The number of carbonyl (C=O) groups excluding carboxylic acids is 1. The molecule has 0 aliphatic rings. The molecular weight excluding hydrogens is 240 g/mol. The van der Waals surface area contributed by atoms with Crippen molar-refractivity contribution in [1.82, 2.24) is 20.7 Å². The summed E-state index contributed by atoms with van der Waals surface area (Å²) in [5.41, 5.74) is 1.35.